The summed E-state index contributed by atoms with van der Waals surface area (Å²) in [4.78, 5) is 8.84. The highest BCUT2D eigenvalue weighted by Crippen LogP contribution is 2.49. The van der Waals surface area contributed by atoms with Gasteiger partial charge < -0.3 is 15.2 Å². The molecule has 1 aliphatic carbocycles. The van der Waals surface area contributed by atoms with Gasteiger partial charge in [-0.1, -0.05) is 23.4 Å². The van der Waals surface area contributed by atoms with Crippen LogP contribution in [0.2, 0.25) is 0 Å². The minimum absolute atomic E-state index is 0.139. The fourth-order valence-corrected chi connectivity index (χ4v) is 2.86. The summed E-state index contributed by atoms with van der Waals surface area (Å²) in [5.74, 6) is 1.82. The van der Waals surface area contributed by atoms with Crippen LogP contribution in [-0.4, -0.2) is 35.7 Å². The summed E-state index contributed by atoms with van der Waals surface area (Å²) in [6.07, 6.45) is 2.57. The average molecular weight is 345 g/mol. The van der Waals surface area contributed by atoms with Crippen LogP contribution in [0.3, 0.4) is 0 Å². The second-order valence-electron chi connectivity index (χ2n) is 6.37. The Morgan fingerprint density at radius 1 is 1.32 bits per heavy atom. The molecule has 0 atom stereocenters. The minimum Gasteiger partial charge on any atom is -0.357 e. The van der Waals surface area contributed by atoms with Crippen LogP contribution in [0.1, 0.15) is 37.0 Å². The Kier molecular flexibility index (Phi) is 5.31. The largest absolute Gasteiger partial charge is 0.357 e. The molecule has 0 bridgehead atoms. The number of hydrogen-bond acceptors (Lipinski definition) is 4. The van der Waals surface area contributed by atoms with Crippen LogP contribution in [0.5, 0.6) is 0 Å². The highest BCUT2D eigenvalue weighted by molar-refractivity contribution is 5.79. The third kappa shape index (κ3) is 4.35. The summed E-state index contributed by atoms with van der Waals surface area (Å²) in [7, 11) is 0. The van der Waals surface area contributed by atoms with E-state index >= 15 is 0 Å². The van der Waals surface area contributed by atoms with Crippen molar-refractivity contribution in [2.45, 2.75) is 38.5 Å². The van der Waals surface area contributed by atoms with Gasteiger partial charge in [-0.2, -0.15) is 4.98 Å². The maximum Gasteiger partial charge on any atom is 0.228 e. The van der Waals surface area contributed by atoms with Gasteiger partial charge in [0.15, 0.2) is 11.8 Å². The van der Waals surface area contributed by atoms with Gasteiger partial charge in [0.25, 0.3) is 0 Å². The molecular weight excluding hydrogens is 321 g/mol. The molecule has 1 aliphatic rings. The normalized spacial score (nSPS) is 15.9. The molecule has 0 unspecified atom stereocenters. The van der Waals surface area contributed by atoms with Gasteiger partial charge in [0, 0.05) is 24.9 Å². The first kappa shape index (κ1) is 17.4. The van der Waals surface area contributed by atoms with Crippen LogP contribution in [0.15, 0.2) is 33.8 Å². The molecule has 0 amide bonds. The zero-order valence-corrected chi connectivity index (χ0v) is 14.7. The molecule has 1 aromatic heterocycles. The van der Waals surface area contributed by atoms with Gasteiger partial charge in [-0.15, -0.1) is 0 Å². The second kappa shape index (κ2) is 7.63. The SMILES string of the molecule is CCNC(=NCC1(c2ccccc2F)CC1)NCCc1nc(C)no1. The van der Waals surface area contributed by atoms with Crippen molar-refractivity contribution in [2.24, 2.45) is 4.99 Å². The molecule has 2 N–H and O–H groups in total. The molecule has 7 heteroatoms. The number of aryl methyl sites for hydroxylation is 1. The van der Waals surface area contributed by atoms with E-state index in [1.807, 2.05) is 19.1 Å². The first-order chi connectivity index (χ1) is 12.1. The number of nitrogens with zero attached hydrogens (tertiary/aromatic N) is 3. The summed E-state index contributed by atoms with van der Waals surface area (Å²) in [5.41, 5.74) is 0.619. The summed E-state index contributed by atoms with van der Waals surface area (Å²) in [6.45, 7) is 5.79. The molecule has 0 spiro atoms. The van der Waals surface area contributed by atoms with E-state index in [4.69, 9.17) is 4.52 Å². The van der Waals surface area contributed by atoms with Gasteiger partial charge in [0.2, 0.25) is 5.89 Å². The first-order valence-electron chi connectivity index (χ1n) is 8.69. The van der Waals surface area contributed by atoms with Crippen LogP contribution in [0.4, 0.5) is 4.39 Å². The van der Waals surface area contributed by atoms with E-state index in [2.05, 4.69) is 25.8 Å². The maximum atomic E-state index is 14.1. The number of halogens is 1. The van der Waals surface area contributed by atoms with Crippen LogP contribution >= 0.6 is 0 Å². The Balaban J connectivity index is 1.59. The van der Waals surface area contributed by atoms with Crippen LogP contribution in [0, 0.1) is 12.7 Å². The zero-order valence-electron chi connectivity index (χ0n) is 14.7. The molecular formula is C18H24FN5O. The fourth-order valence-electron chi connectivity index (χ4n) is 2.86. The number of hydrogen-bond donors (Lipinski definition) is 2. The van der Waals surface area contributed by atoms with Crippen molar-refractivity contribution in [2.75, 3.05) is 19.6 Å². The summed E-state index contributed by atoms with van der Waals surface area (Å²) in [6, 6.07) is 7.01. The Morgan fingerprint density at radius 2 is 2.12 bits per heavy atom. The van der Waals surface area contributed by atoms with Crippen molar-refractivity contribution in [3.8, 4) is 0 Å². The fraction of sp³-hybridized carbons (Fsp3) is 0.500. The van der Waals surface area contributed by atoms with Crippen molar-refractivity contribution in [1.29, 1.82) is 0 Å². The van der Waals surface area contributed by atoms with Gasteiger partial charge in [-0.05, 0) is 38.3 Å². The first-order valence-corrected chi connectivity index (χ1v) is 8.69. The Morgan fingerprint density at radius 3 is 2.76 bits per heavy atom. The number of nitrogens with one attached hydrogen (secondary N) is 2. The van der Waals surface area contributed by atoms with E-state index in [9.17, 15) is 4.39 Å². The summed E-state index contributed by atoms with van der Waals surface area (Å²) >= 11 is 0. The van der Waals surface area contributed by atoms with E-state index in [1.54, 1.807) is 13.0 Å². The quantitative estimate of drug-likeness (QED) is 0.595. The van der Waals surface area contributed by atoms with Crippen LogP contribution in [-0.2, 0) is 11.8 Å². The van der Waals surface area contributed by atoms with E-state index in [0.29, 0.717) is 31.2 Å². The highest BCUT2D eigenvalue weighted by atomic mass is 19.1. The lowest BCUT2D eigenvalue weighted by atomic mass is 9.95. The van der Waals surface area contributed by atoms with Gasteiger partial charge >= 0.3 is 0 Å². The van der Waals surface area contributed by atoms with Crippen molar-refractivity contribution < 1.29 is 8.91 Å². The summed E-state index contributed by atoms with van der Waals surface area (Å²) < 4.78 is 19.2. The number of aliphatic imine (C=N–C) groups is 1. The molecule has 1 saturated carbocycles. The van der Waals surface area contributed by atoms with E-state index in [1.165, 1.54) is 6.07 Å². The predicted molar refractivity (Wildman–Crippen MR) is 94.0 cm³/mol. The maximum absolute atomic E-state index is 14.1. The lowest BCUT2D eigenvalue weighted by molar-refractivity contribution is 0.374. The molecule has 25 heavy (non-hydrogen) atoms. The molecule has 0 radical (unpaired) electrons. The monoisotopic (exact) mass is 345 g/mol. The number of benzene rings is 1. The Bertz CT molecular complexity index is 739. The molecule has 3 rings (SSSR count). The van der Waals surface area contributed by atoms with E-state index in [-0.39, 0.29) is 11.2 Å². The van der Waals surface area contributed by atoms with E-state index < -0.39 is 0 Å². The van der Waals surface area contributed by atoms with Crippen molar-refractivity contribution >= 4 is 5.96 Å². The third-order valence-electron chi connectivity index (χ3n) is 4.38. The van der Waals surface area contributed by atoms with Crippen molar-refractivity contribution in [1.82, 2.24) is 20.8 Å². The van der Waals surface area contributed by atoms with Gasteiger partial charge in [0.05, 0.1) is 6.54 Å². The Labute approximate surface area is 146 Å². The molecule has 1 aromatic carbocycles. The van der Waals surface area contributed by atoms with Crippen molar-refractivity contribution in [3.63, 3.8) is 0 Å². The molecule has 134 valence electrons. The summed E-state index contributed by atoms with van der Waals surface area (Å²) in [5, 5.41) is 10.3. The van der Waals surface area contributed by atoms with Gasteiger partial charge in [-0.25, -0.2) is 4.39 Å². The predicted octanol–water partition coefficient (Wildman–Crippen LogP) is 2.35. The highest BCUT2D eigenvalue weighted by Gasteiger charge is 2.45. The van der Waals surface area contributed by atoms with Crippen LogP contribution < -0.4 is 10.6 Å². The number of rotatable bonds is 7. The Hall–Kier alpha value is -2.44. The van der Waals surface area contributed by atoms with Crippen LogP contribution in [0.25, 0.3) is 0 Å². The lowest BCUT2D eigenvalue weighted by Gasteiger charge is -2.16. The third-order valence-corrected chi connectivity index (χ3v) is 4.38. The molecule has 0 saturated heterocycles. The van der Waals surface area contributed by atoms with Crippen molar-refractivity contribution in [3.05, 3.63) is 47.4 Å². The molecule has 1 heterocycles. The van der Waals surface area contributed by atoms with E-state index in [0.717, 1.165) is 30.9 Å². The minimum atomic E-state index is -0.155. The standard InChI is InChI=1S/C18H24FN5O/c1-3-20-17(21-11-8-16-23-13(2)24-25-16)22-12-18(9-10-18)14-6-4-5-7-15(14)19/h4-7H,3,8-12H2,1-2H3,(H2,20,21,22). The topological polar surface area (TPSA) is 75.3 Å². The molecule has 0 aliphatic heterocycles. The zero-order chi connectivity index (χ0) is 17.7. The molecule has 2 aromatic rings. The lowest BCUT2D eigenvalue weighted by Crippen LogP contribution is -2.39. The molecule has 6 nitrogen and oxygen atoms in total. The second-order valence-corrected chi connectivity index (χ2v) is 6.37. The number of guanidine groups is 1. The van der Waals surface area contributed by atoms with Gasteiger partial charge in [0.1, 0.15) is 5.82 Å². The number of aromatic nitrogens is 2. The molecule has 1 fully saturated rings. The average Bonchev–Trinajstić information content (AvgIpc) is 3.28. The smallest absolute Gasteiger partial charge is 0.228 e. The van der Waals surface area contributed by atoms with Gasteiger partial charge in [-0.3, -0.25) is 4.99 Å².